The van der Waals surface area contributed by atoms with Crippen LogP contribution in [0.5, 0.6) is 0 Å². The number of guanidine groups is 1. The molecule has 7 heteroatoms. The summed E-state index contributed by atoms with van der Waals surface area (Å²) in [5.74, 6) is 0.758. The highest BCUT2D eigenvalue weighted by Gasteiger charge is 2.10. The van der Waals surface area contributed by atoms with Gasteiger partial charge in [-0.1, -0.05) is 38.3 Å². The molecule has 6 nitrogen and oxygen atoms in total. The second-order valence-corrected chi connectivity index (χ2v) is 7.15. The molecular formula is C16H28N4O2S. The van der Waals surface area contributed by atoms with Crippen molar-refractivity contribution in [2.45, 2.75) is 44.0 Å². The summed E-state index contributed by atoms with van der Waals surface area (Å²) >= 11 is 0. The third-order valence-corrected chi connectivity index (χ3v) is 4.94. The van der Waals surface area contributed by atoms with Crippen LogP contribution in [-0.2, 0) is 16.6 Å². The molecule has 1 aromatic rings. The van der Waals surface area contributed by atoms with Crippen molar-refractivity contribution in [3.8, 4) is 0 Å². The van der Waals surface area contributed by atoms with Gasteiger partial charge in [0, 0.05) is 20.1 Å². The molecule has 0 heterocycles. The van der Waals surface area contributed by atoms with E-state index in [-0.39, 0.29) is 4.90 Å². The van der Waals surface area contributed by atoms with Crippen molar-refractivity contribution in [3.05, 3.63) is 29.8 Å². The molecule has 0 aliphatic carbocycles. The molecule has 0 saturated heterocycles. The van der Waals surface area contributed by atoms with Gasteiger partial charge in [0.15, 0.2) is 5.96 Å². The van der Waals surface area contributed by atoms with Crippen molar-refractivity contribution in [2.24, 2.45) is 4.99 Å². The van der Waals surface area contributed by atoms with Gasteiger partial charge in [-0.3, -0.25) is 4.99 Å². The average Bonchev–Trinajstić information content (AvgIpc) is 2.57. The molecule has 0 saturated carbocycles. The Hall–Kier alpha value is -1.60. The molecule has 0 amide bonds. The molecular weight excluding hydrogens is 312 g/mol. The van der Waals surface area contributed by atoms with Gasteiger partial charge in [0.2, 0.25) is 10.0 Å². The van der Waals surface area contributed by atoms with Crippen molar-refractivity contribution in [3.63, 3.8) is 0 Å². The zero-order chi connectivity index (χ0) is 17.1. The minimum Gasteiger partial charge on any atom is -0.356 e. The SMILES string of the molecule is CCCCCCNC(=NC)NCc1ccc(S(=O)(=O)NC)cc1. The largest absolute Gasteiger partial charge is 0.356 e. The predicted octanol–water partition coefficient (Wildman–Crippen LogP) is 1.84. The molecule has 0 fully saturated rings. The normalized spacial score (nSPS) is 12.2. The van der Waals surface area contributed by atoms with E-state index < -0.39 is 10.0 Å². The molecule has 3 N–H and O–H groups in total. The average molecular weight is 340 g/mol. The number of nitrogens with zero attached hydrogens (tertiary/aromatic N) is 1. The van der Waals surface area contributed by atoms with Crippen molar-refractivity contribution in [2.75, 3.05) is 20.6 Å². The summed E-state index contributed by atoms with van der Waals surface area (Å²) in [7, 11) is -0.233. The Bertz CT molecular complexity index is 583. The summed E-state index contributed by atoms with van der Waals surface area (Å²) in [4.78, 5) is 4.45. The Morgan fingerprint density at radius 3 is 2.35 bits per heavy atom. The number of rotatable bonds is 9. The van der Waals surface area contributed by atoms with Crippen LogP contribution in [0.2, 0.25) is 0 Å². The molecule has 130 valence electrons. The topological polar surface area (TPSA) is 82.6 Å². The van der Waals surface area contributed by atoms with Crippen molar-refractivity contribution in [1.29, 1.82) is 0 Å². The quantitative estimate of drug-likeness (QED) is 0.364. The monoisotopic (exact) mass is 340 g/mol. The van der Waals surface area contributed by atoms with E-state index in [4.69, 9.17) is 0 Å². The molecule has 0 aliphatic heterocycles. The van der Waals surface area contributed by atoms with Crippen LogP contribution >= 0.6 is 0 Å². The molecule has 23 heavy (non-hydrogen) atoms. The van der Waals surface area contributed by atoms with Crippen LogP contribution in [0.15, 0.2) is 34.2 Å². The lowest BCUT2D eigenvalue weighted by Crippen LogP contribution is -2.37. The second-order valence-electron chi connectivity index (χ2n) is 5.26. The fourth-order valence-corrected chi connectivity index (χ4v) is 2.80. The highest BCUT2D eigenvalue weighted by Crippen LogP contribution is 2.09. The zero-order valence-corrected chi connectivity index (χ0v) is 15.0. The number of hydrogen-bond donors (Lipinski definition) is 3. The Kier molecular flexibility index (Phi) is 8.65. The minimum atomic E-state index is -3.38. The van der Waals surface area contributed by atoms with E-state index in [1.807, 2.05) is 0 Å². The van der Waals surface area contributed by atoms with E-state index in [1.54, 1.807) is 31.3 Å². The highest BCUT2D eigenvalue weighted by molar-refractivity contribution is 7.89. The first-order valence-corrected chi connectivity index (χ1v) is 9.48. The number of aliphatic imine (C=N–C) groups is 1. The Morgan fingerprint density at radius 1 is 1.09 bits per heavy atom. The molecule has 0 atom stereocenters. The summed E-state index contributed by atoms with van der Waals surface area (Å²) < 4.78 is 25.6. The first-order valence-electron chi connectivity index (χ1n) is 8.00. The van der Waals surface area contributed by atoms with Crippen molar-refractivity contribution >= 4 is 16.0 Å². The number of unbranched alkanes of at least 4 members (excludes halogenated alkanes) is 3. The third kappa shape index (κ3) is 7.00. The van der Waals surface area contributed by atoms with Crippen LogP contribution in [0.1, 0.15) is 38.2 Å². The summed E-state index contributed by atoms with van der Waals surface area (Å²) in [5, 5.41) is 6.50. The summed E-state index contributed by atoms with van der Waals surface area (Å²) in [6, 6.07) is 6.80. The predicted molar refractivity (Wildman–Crippen MR) is 95.0 cm³/mol. The third-order valence-electron chi connectivity index (χ3n) is 3.51. The standard InChI is InChI=1S/C16H28N4O2S/c1-4-5-6-7-12-19-16(17-2)20-13-14-8-10-15(11-9-14)23(21,22)18-3/h8-11,18H,4-7,12-13H2,1-3H3,(H2,17,19,20). The lowest BCUT2D eigenvalue weighted by Gasteiger charge is -2.12. The number of nitrogens with one attached hydrogen (secondary N) is 3. The van der Waals surface area contributed by atoms with Crippen LogP contribution in [-0.4, -0.2) is 35.0 Å². The molecule has 0 aromatic heterocycles. The molecule has 1 rings (SSSR count). The Balaban J connectivity index is 2.44. The lowest BCUT2D eigenvalue weighted by atomic mass is 10.2. The van der Waals surface area contributed by atoms with Crippen LogP contribution in [0.4, 0.5) is 0 Å². The van der Waals surface area contributed by atoms with E-state index in [9.17, 15) is 8.42 Å². The Morgan fingerprint density at radius 2 is 1.78 bits per heavy atom. The molecule has 0 radical (unpaired) electrons. The van der Waals surface area contributed by atoms with Gasteiger partial charge in [-0.15, -0.1) is 0 Å². The molecule has 0 unspecified atom stereocenters. The van der Waals surface area contributed by atoms with Crippen molar-refractivity contribution < 1.29 is 8.42 Å². The first kappa shape index (κ1) is 19.4. The van der Waals surface area contributed by atoms with E-state index in [0.29, 0.717) is 6.54 Å². The van der Waals surface area contributed by atoms with E-state index >= 15 is 0 Å². The lowest BCUT2D eigenvalue weighted by molar-refractivity contribution is 0.588. The summed E-state index contributed by atoms with van der Waals surface area (Å²) in [5.41, 5.74) is 0.994. The van der Waals surface area contributed by atoms with Gasteiger partial charge in [-0.05, 0) is 31.2 Å². The van der Waals surface area contributed by atoms with Gasteiger partial charge in [-0.2, -0.15) is 0 Å². The van der Waals surface area contributed by atoms with Crippen LogP contribution < -0.4 is 15.4 Å². The van der Waals surface area contributed by atoms with Gasteiger partial charge >= 0.3 is 0 Å². The summed E-state index contributed by atoms with van der Waals surface area (Å²) in [6.07, 6.45) is 4.84. The van der Waals surface area contributed by atoms with Gasteiger partial charge in [-0.25, -0.2) is 13.1 Å². The summed E-state index contributed by atoms with van der Waals surface area (Å²) in [6.45, 7) is 3.69. The van der Waals surface area contributed by atoms with Gasteiger partial charge < -0.3 is 10.6 Å². The van der Waals surface area contributed by atoms with E-state index in [1.165, 1.54) is 26.3 Å². The number of sulfonamides is 1. The smallest absolute Gasteiger partial charge is 0.240 e. The van der Waals surface area contributed by atoms with Gasteiger partial charge in [0.05, 0.1) is 4.90 Å². The fourth-order valence-electron chi connectivity index (χ4n) is 2.07. The maximum Gasteiger partial charge on any atom is 0.240 e. The van der Waals surface area contributed by atoms with Gasteiger partial charge in [0.1, 0.15) is 0 Å². The van der Waals surface area contributed by atoms with Crippen LogP contribution in [0.25, 0.3) is 0 Å². The number of hydrogen-bond acceptors (Lipinski definition) is 3. The Labute approximate surface area is 139 Å². The van der Waals surface area contributed by atoms with Crippen LogP contribution in [0.3, 0.4) is 0 Å². The minimum absolute atomic E-state index is 0.266. The fraction of sp³-hybridized carbons (Fsp3) is 0.562. The van der Waals surface area contributed by atoms with Gasteiger partial charge in [0.25, 0.3) is 0 Å². The zero-order valence-electron chi connectivity index (χ0n) is 14.2. The maximum atomic E-state index is 11.7. The molecule has 0 aliphatic rings. The highest BCUT2D eigenvalue weighted by atomic mass is 32.2. The van der Waals surface area contributed by atoms with E-state index in [2.05, 4.69) is 27.3 Å². The van der Waals surface area contributed by atoms with Crippen LogP contribution in [0, 0.1) is 0 Å². The maximum absolute atomic E-state index is 11.7. The number of benzene rings is 1. The van der Waals surface area contributed by atoms with E-state index in [0.717, 1.165) is 24.5 Å². The van der Waals surface area contributed by atoms with Crippen molar-refractivity contribution in [1.82, 2.24) is 15.4 Å². The molecule has 1 aromatic carbocycles. The molecule has 0 spiro atoms. The second kappa shape index (κ2) is 10.2. The molecule has 0 bridgehead atoms. The first-order chi connectivity index (χ1) is 11.0.